The van der Waals surface area contributed by atoms with Gasteiger partial charge in [0.1, 0.15) is 5.25 Å². The molecule has 0 radical (unpaired) electrons. The van der Waals surface area contributed by atoms with E-state index in [0.717, 1.165) is 31.2 Å². The van der Waals surface area contributed by atoms with Crippen LogP contribution in [0, 0.1) is 0 Å². The number of benzene rings is 1. The molecule has 1 aliphatic heterocycles. The highest BCUT2D eigenvalue weighted by molar-refractivity contribution is 7.91. The highest BCUT2D eigenvalue weighted by Crippen LogP contribution is 2.28. The highest BCUT2D eigenvalue weighted by atomic mass is 32.2. The Morgan fingerprint density at radius 2 is 1.82 bits per heavy atom. The predicted molar refractivity (Wildman–Crippen MR) is 85.3 cm³/mol. The second-order valence-electron chi connectivity index (χ2n) is 6.14. The van der Waals surface area contributed by atoms with Gasteiger partial charge >= 0.3 is 6.03 Å². The topological polar surface area (TPSA) is 66.5 Å². The lowest BCUT2D eigenvalue weighted by atomic mass is 10.1. The first kappa shape index (κ1) is 15.3. The Morgan fingerprint density at radius 1 is 1.14 bits per heavy atom. The van der Waals surface area contributed by atoms with Crippen molar-refractivity contribution >= 4 is 15.9 Å². The van der Waals surface area contributed by atoms with Crippen LogP contribution in [0.4, 0.5) is 4.79 Å². The summed E-state index contributed by atoms with van der Waals surface area (Å²) < 4.78 is 24.7. The van der Waals surface area contributed by atoms with Crippen molar-refractivity contribution in [1.29, 1.82) is 0 Å². The summed E-state index contributed by atoms with van der Waals surface area (Å²) in [5.41, 5.74) is 0.765. The molecule has 0 bridgehead atoms. The third-order valence-electron chi connectivity index (χ3n) is 4.61. The summed E-state index contributed by atoms with van der Waals surface area (Å²) in [6, 6.07) is 9.30. The third kappa shape index (κ3) is 3.27. The Morgan fingerprint density at radius 3 is 2.50 bits per heavy atom. The monoisotopic (exact) mass is 322 g/mol. The van der Waals surface area contributed by atoms with Crippen molar-refractivity contribution in [3.63, 3.8) is 0 Å². The minimum Gasteiger partial charge on any atom is -0.335 e. The number of nitrogens with one attached hydrogen (secondary N) is 1. The first-order valence-corrected chi connectivity index (χ1v) is 9.60. The van der Waals surface area contributed by atoms with Gasteiger partial charge in [-0.25, -0.2) is 13.2 Å². The molecule has 1 saturated carbocycles. The minimum absolute atomic E-state index is 0.0324. The number of sulfone groups is 1. The molecule has 0 aromatic heterocycles. The molecule has 1 saturated heterocycles. The lowest BCUT2D eigenvalue weighted by Crippen LogP contribution is -2.51. The van der Waals surface area contributed by atoms with Crippen LogP contribution in [0.3, 0.4) is 0 Å². The molecule has 120 valence electrons. The smallest absolute Gasteiger partial charge is 0.317 e. The molecule has 1 aliphatic carbocycles. The first-order chi connectivity index (χ1) is 10.6. The molecule has 1 N–H and O–H groups in total. The van der Waals surface area contributed by atoms with E-state index in [4.69, 9.17) is 0 Å². The van der Waals surface area contributed by atoms with Crippen molar-refractivity contribution in [2.45, 2.75) is 37.0 Å². The number of hydrogen-bond acceptors (Lipinski definition) is 3. The highest BCUT2D eigenvalue weighted by Gasteiger charge is 2.36. The Balaban J connectivity index is 1.72. The maximum Gasteiger partial charge on any atom is 0.317 e. The molecule has 1 aromatic carbocycles. The summed E-state index contributed by atoms with van der Waals surface area (Å²) in [4.78, 5) is 14.0. The Kier molecular flexibility index (Phi) is 4.38. The molecule has 2 fully saturated rings. The number of urea groups is 1. The van der Waals surface area contributed by atoms with E-state index < -0.39 is 15.1 Å². The average molecular weight is 322 g/mol. The van der Waals surface area contributed by atoms with Crippen LogP contribution in [-0.2, 0) is 9.84 Å². The summed E-state index contributed by atoms with van der Waals surface area (Å²) in [6.07, 6.45) is 4.37. The molecule has 3 rings (SSSR count). The van der Waals surface area contributed by atoms with E-state index in [9.17, 15) is 13.2 Å². The normalized spacial score (nSPS) is 25.1. The van der Waals surface area contributed by atoms with Gasteiger partial charge in [-0.15, -0.1) is 0 Å². The van der Waals surface area contributed by atoms with Crippen LogP contribution in [0.2, 0.25) is 0 Å². The summed E-state index contributed by atoms with van der Waals surface area (Å²) in [6.45, 7) is 0.523. The summed E-state index contributed by atoms with van der Waals surface area (Å²) in [5, 5.41) is 2.43. The Bertz CT molecular complexity index is 624. The van der Waals surface area contributed by atoms with Crippen LogP contribution < -0.4 is 5.32 Å². The van der Waals surface area contributed by atoms with Gasteiger partial charge in [-0.2, -0.15) is 0 Å². The Hall–Kier alpha value is -1.56. The second kappa shape index (κ2) is 6.28. The van der Waals surface area contributed by atoms with Crippen LogP contribution in [0.15, 0.2) is 30.3 Å². The van der Waals surface area contributed by atoms with Gasteiger partial charge in [-0.1, -0.05) is 43.2 Å². The van der Waals surface area contributed by atoms with Gasteiger partial charge < -0.3 is 10.2 Å². The summed E-state index contributed by atoms with van der Waals surface area (Å²) in [7, 11) is -3.19. The van der Waals surface area contributed by atoms with Crippen molar-refractivity contribution < 1.29 is 13.2 Å². The Labute approximate surface area is 131 Å². The van der Waals surface area contributed by atoms with Gasteiger partial charge in [-0.3, -0.25) is 0 Å². The van der Waals surface area contributed by atoms with Crippen molar-refractivity contribution in [3.05, 3.63) is 35.9 Å². The summed E-state index contributed by atoms with van der Waals surface area (Å²) in [5.74, 6) is 0.0324. The van der Waals surface area contributed by atoms with Gasteiger partial charge in [-0.05, 0) is 18.4 Å². The van der Waals surface area contributed by atoms with Crippen LogP contribution in [0.1, 0.15) is 36.5 Å². The maximum absolute atomic E-state index is 12.4. The van der Waals surface area contributed by atoms with Crippen molar-refractivity contribution in [3.8, 4) is 0 Å². The fourth-order valence-corrected chi connectivity index (χ4v) is 5.02. The number of hydrogen-bond donors (Lipinski definition) is 1. The SMILES string of the molecule is O=C(NC1CCCC1)N1CCS(=O)(=O)C(c2ccccc2)C1. The molecule has 0 spiro atoms. The third-order valence-corrected chi connectivity index (χ3v) is 6.65. The minimum atomic E-state index is -3.19. The van der Waals surface area contributed by atoms with Gasteiger partial charge in [0.25, 0.3) is 0 Å². The molecular formula is C16H22N2O3S. The molecular weight excluding hydrogens is 300 g/mol. The van der Waals surface area contributed by atoms with E-state index in [2.05, 4.69) is 5.32 Å². The summed E-state index contributed by atoms with van der Waals surface area (Å²) >= 11 is 0. The maximum atomic E-state index is 12.4. The van der Waals surface area contributed by atoms with Gasteiger partial charge in [0.05, 0.1) is 5.75 Å². The van der Waals surface area contributed by atoms with Crippen molar-refractivity contribution in [1.82, 2.24) is 10.2 Å². The molecule has 1 unspecified atom stereocenters. The first-order valence-electron chi connectivity index (χ1n) is 7.88. The molecule has 1 aromatic rings. The van der Waals surface area contributed by atoms with Gasteiger partial charge in [0.15, 0.2) is 9.84 Å². The van der Waals surface area contributed by atoms with E-state index in [0.29, 0.717) is 0 Å². The number of carbonyl (C=O) groups is 1. The molecule has 5 nitrogen and oxygen atoms in total. The number of amides is 2. The number of carbonyl (C=O) groups excluding carboxylic acids is 1. The van der Waals surface area contributed by atoms with Crippen LogP contribution in [-0.4, -0.2) is 44.2 Å². The molecule has 1 atom stereocenters. The van der Waals surface area contributed by atoms with E-state index in [1.807, 2.05) is 30.3 Å². The zero-order chi connectivity index (χ0) is 15.6. The molecule has 22 heavy (non-hydrogen) atoms. The molecule has 2 aliphatic rings. The fourth-order valence-electron chi connectivity index (χ4n) is 3.29. The molecule has 2 amide bonds. The zero-order valence-corrected chi connectivity index (χ0v) is 13.4. The van der Waals surface area contributed by atoms with Crippen LogP contribution in [0.25, 0.3) is 0 Å². The van der Waals surface area contributed by atoms with E-state index >= 15 is 0 Å². The van der Waals surface area contributed by atoms with E-state index in [1.54, 1.807) is 4.90 Å². The van der Waals surface area contributed by atoms with E-state index in [-0.39, 0.29) is 30.9 Å². The van der Waals surface area contributed by atoms with Crippen LogP contribution in [0.5, 0.6) is 0 Å². The second-order valence-corrected chi connectivity index (χ2v) is 8.45. The largest absolute Gasteiger partial charge is 0.335 e. The number of rotatable bonds is 2. The average Bonchev–Trinajstić information content (AvgIpc) is 3.00. The lowest BCUT2D eigenvalue weighted by molar-refractivity contribution is 0.194. The van der Waals surface area contributed by atoms with E-state index in [1.165, 1.54) is 0 Å². The zero-order valence-electron chi connectivity index (χ0n) is 12.6. The fraction of sp³-hybridized carbons (Fsp3) is 0.562. The quantitative estimate of drug-likeness (QED) is 0.907. The van der Waals surface area contributed by atoms with Gasteiger partial charge in [0.2, 0.25) is 0 Å². The van der Waals surface area contributed by atoms with Gasteiger partial charge in [0, 0.05) is 19.1 Å². The van der Waals surface area contributed by atoms with Crippen molar-refractivity contribution in [2.24, 2.45) is 0 Å². The van der Waals surface area contributed by atoms with Crippen molar-refractivity contribution in [2.75, 3.05) is 18.8 Å². The lowest BCUT2D eigenvalue weighted by Gasteiger charge is -2.33. The molecule has 1 heterocycles. The predicted octanol–water partition coefficient (Wildman–Crippen LogP) is 2.11. The number of nitrogens with zero attached hydrogens (tertiary/aromatic N) is 1. The standard InChI is InChI=1S/C16H22N2O3S/c19-16(17-14-8-4-5-9-14)18-10-11-22(20,21)15(12-18)13-6-2-1-3-7-13/h1-3,6-7,14-15H,4-5,8-12H2,(H,17,19). The van der Waals surface area contributed by atoms with Crippen LogP contribution >= 0.6 is 0 Å². The molecule has 6 heteroatoms.